The largest absolute Gasteiger partial charge is 0.324 e. The summed E-state index contributed by atoms with van der Waals surface area (Å²) in [5.41, 5.74) is 7.11. The Labute approximate surface area is 198 Å². The van der Waals surface area contributed by atoms with Crippen LogP contribution in [0.1, 0.15) is 21.5 Å². The second kappa shape index (κ2) is 9.16. The summed E-state index contributed by atoms with van der Waals surface area (Å²) in [5.74, 6) is 0.360. The van der Waals surface area contributed by atoms with Gasteiger partial charge in [0, 0.05) is 27.9 Å². The molecule has 34 heavy (non-hydrogen) atoms. The lowest BCUT2D eigenvalue weighted by atomic mass is 10.1. The van der Waals surface area contributed by atoms with Gasteiger partial charge in [-0.3, -0.25) is 4.79 Å². The fourth-order valence-electron chi connectivity index (χ4n) is 3.85. The van der Waals surface area contributed by atoms with Crippen molar-refractivity contribution in [1.82, 2.24) is 9.97 Å². The number of amides is 1. The molecule has 0 aliphatic heterocycles. The molecule has 0 spiro atoms. The van der Waals surface area contributed by atoms with Gasteiger partial charge in [0.15, 0.2) is 0 Å². The fourth-order valence-corrected chi connectivity index (χ4v) is 3.85. The number of nitrogens with one attached hydrogen (secondary N) is 2. The predicted octanol–water partition coefficient (Wildman–Crippen LogP) is 6.91. The normalized spacial score (nSPS) is 10.8. The number of anilines is 3. The molecule has 0 saturated heterocycles. The lowest BCUT2D eigenvalue weighted by Crippen LogP contribution is -2.12. The molecule has 0 bridgehead atoms. The summed E-state index contributed by atoms with van der Waals surface area (Å²) in [6.45, 7) is 3.99. The molecule has 0 atom stereocenters. The van der Waals surface area contributed by atoms with Crippen LogP contribution in [0, 0.1) is 13.8 Å². The summed E-state index contributed by atoms with van der Waals surface area (Å²) >= 11 is 0. The van der Waals surface area contributed by atoms with Gasteiger partial charge in [-0.2, -0.15) is 0 Å². The molecular formula is C29H24N4O. The SMILES string of the molecule is Cc1ccc(C)c(NC(=O)c2ccc(Nc3nc(-c4ccccc4)c4ccccc4n3)cc2)c1. The fraction of sp³-hybridized carbons (Fsp3) is 0.0690. The molecular weight excluding hydrogens is 420 g/mol. The summed E-state index contributed by atoms with van der Waals surface area (Å²) < 4.78 is 0. The maximum Gasteiger partial charge on any atom is 0.255 e. The third kappa shape index (κ3) is 4.50. The zero-order valence-electron chi connectivity index (χ0n) is 19.0. The number of para-hydroxylation sites is 1. The smallest absolute Gasteiger partial charge is 0.255 e. The third-order valence-corrected chi connectivity index (χ3v) is 5.69. The number of aromatic nitrogens is 2. The summed E-state index contributed by atoms with van der Waals surface area (Å²) in [6, 6.07) is 31.4. The zero-order valence-corrected chi connectivity index (χ0v) is 19.0. The van der Waals surface area contributed by atoms with Crippen LogP contribution in [-0.2, 0) is 0 Å². The Morgan fingerprint density at radius 3 is 2.29 bits per heavy atom. The van der Waals surface area contributed by atoms with Gasteiger partial charge in [0.1, 0.15) is 0 Å². The molecule has 166 valence electrons. The van der Waals surface area contributed by atoms with E-state index in [0.717, 1.165) is 44.7 Å². The molecule has 1 aromatic heterocycles. The van der Waals surface area contributed by atoms with E-state index in [9.17, 15) is 4.79 Å². The molecule has 0 aliphatic carbocycles. The minimum Gasteiger partial charge on any atom is -0.324 e. The van der Waals surface area contributed by atoms with Gasteiger partial charge in [0.2, 0.25) is 5.95 Å². The number of benzene rings is 4. The van der Waals surface area contributed by atoms with Crippen molar-refractivity contribution in [3.05, 3.63) is 114 Å². The molecule has 1 heterocycles. The maximum absolute atomic E-state index is 12.7. The molecule has 0 saturated carbocycles. The minimum atomic E-state index is -0.145. The van der Waals surface area contributed by atoms with E-state index in [1.165, 1.54) is 0 Å². The number of carbonyl (C=O) groups excluding carboxylic acids is 1. The van der Waals surface area contributed by atoms with Gasteiger partial charge < -0.3 is 10.6 Å². The second-order valence-electron chi connectivity index (χ2n) is 8.25. The second-order valence-corrected chi connectivity index (χ2v) is 8.25. The van der Waals surface area contributed by atoms with E-state index in [0.29, 0.717) is 11.5 Å². The standard InChI is InChI=1S/C29H24N4O/c1-19-12-13-20(2)26(18-19)31-28(34)22-14-16-23(17-15-22)30-29-32-25-11-7-6-10-24(25)27(33-29)21-8-4-3-5-9-21/h3-18H,1-2H3,(H,31,34)(H,30,32,33). The van der Waals surface area contributed by atoms with E-state index < -0.39 is 0 Å². The first-order valence-electron chi connectivity index (χ1n) is 11.1. The Hall–Kier alpha value is -4.51. The number of nitrogens with zero attached hydrogens (tertiary/aromatic N) is 2. The number of hydrogen-bond acceptors (Lipinski definition) is 4. The minimum absolute atomic E-state index is 0.145. The summed E-state index contributed by atoms with van der Waals surface area (Å²) in [6.07, 6.45) is 0. The Kier molecular flexibility index (Phi) is 5.75. The Balaban J connectivity index is 1.39. The monoisotopic (exact) mass is 444 g/mol. The summed E-state index contributed by atoms with van der Waals surface area (Å²) in [5, 5.41) is 7.28. The molecule has 0 fully saturated rings. The van der Waals surface area contributed by atoms with Gasteiger partial charge in [-0.25, -0.2) is 9.97 Å². The van der Waals surface area contributed by atoms with Crippen LogP contribution in [0.25, 0.3) is 22.2 Å². The first-order chi connectivity index (χ1) is 16.6. The van der Waals surface area contributed by atoms with Crippen molar-refractivity contribution in [2.45, 2.75) is 13.8 Å². The first kappa shape index (κ1) is 21.3. The van der Waals surface area contributed by atoms with Crippen molar-refractivity contribution >= 4 is 34.1 Å². The zero-order chi connectivity index (χ0) is 23.5. The van der Waals surface area contributed by atoms with Gasteiger partial charge in [0.05, 0.1) is 11.2 Å². The van der Waals surface area contributed by atoms with Crippen LogP contribution in [0.4, 0.5) is 17.3 Å². The first-order valence-corrected chi connectivity index (χ1v) is 11.1. The molecule has 5 nitrogen and oxygen atoms in total. The Morgan fingerprint density at radius 2 is 1.50 bits per heavy atom. The average molecular weight is 445 g/mol. The molecule has 0 aliphatic rings. The molecule has 5 heteroatoms. The highest BCUT2D eigenvalue weighted by atomic mass is 16.1. The van der Waals surface area contributed by atoms with Gasteiger partial charge in [-0.15, -0.1) is 0 Å². The van der Waals surface area contributed by atoms with Crippen molar-refractivity contribution in [2.24, 2.45) is 0 Å². The molecule has 1 amide bonds. The quantitative estimate of drug-likeness (QED) is 0.309. The molecule has 2 N–H and O–H groups in total. The number of hydrogen-bond donors (Lipinski definition) is 2. The van der Waals surface area contributed by atoms with Crippen LogP contribution < -0.4 is 10.6 Å². The van der Waals surface area contributed by atoms with Crippen molar-refractivity contribution < 1.29 is 4.79 Å². The van der Waals surface area contributed by atoms with Crippen molar-refractivity contribution in [2.75, 3.05) is 10.6 Å². The van der Waals surface area contributed by atoms with Gasteiger partial charge in [-0.1, -0.05) is 60.7 Å². The highest BCUT2D eigenvalue weighted by Crippen LogP contribution is 2.28. The topological polar surface area (TPSA) is 66.9 Å². The molecule has 0 radical (unpaired) electrons. The lowest BCUT2D eigenvalue weighted by molar-refractivity contribution is 0.102. The van der Waals surface area contributed by atoms with E-state index in [2.05, 4.69) is 15.6 Å². The highest BCUT2D eigenvalue weighted by molar-refractivity contribution is 6.05. The van der Waals surface area contributed by atoms with E-state index in [4.69, 9.17) is 4.98 Å². The maximum atomic E-state index is 12.7. The van der Waals surface area contributed by atoms with Crippen LogP contribution in [-0.4, -0.2) is 15.9 Å². The van der Waals surface area contributed by atoms with Crippen molar-refractivity contribution in [1.29, 1.82) is 0 Å². The van der Waals surface area contributed by atoms with Crippen molar-refractivity contribution in [3.63, 3.8) is 0 Å². The highest BCUT2D eigenvalue weighted by Gasteiger charge is 2.11. The summed E-state index contributed by atoms with van der Waals surface area (Å²) in [7, 11) is 0. The lowest BCUT2D eigenvalue weighted by Gasteiger charge is -2.12. The molecule has 4 aromatic carbocycles. The molecule has 5 rings (SSSR count). The van der Waals surface area contributed by atoms with Crippen LogP contribution in [0.15, 0.2) is 97.1 Å². The third-order valence-electron chi connectivity index (χ3n) is 5.69. The van der Waals surface area contributed by atoms with E-state index in [-0.39, 0.29) is 5.91 Å². The Bertz CT molecular complexity index is 1480. The van der Waals surface area contributed by atoms with Gasteiger partial charge >= 0.3 is 0 Å². The van der Waals surface area contributed by atoms with E-state index in [1.54, 1.807) is 12.1 Å². The van der Waals surface area contributed by atoms with Crippen LogP contribution in [0.5, 0.6) is 0 Å². The van der Waals surface area contributed by atoms with E-state index >= 15 is 0 Å². The number of rotatable bonds is 5. The molecule has 0 unspecified atom stereocenters. The van der Waals surface area contributed by atoms with E-state index in [1.807, 2.05) is 98.8 Å². The van der Waals surface area contributed by atoms with Gasteiger partial charge in [-0.05, 0) is 61.4 Å². The average Bonchev–Trinajstić information content (AvgIpc) is 2.87. The van der Waals surface area contributed by atoms with Crippen molar-refractivity contribution in [3.8, 4) is 11.3 Å². The number of aryl methyl sites for hydroxylation is 2. The predicted molar refractivity (Wildman–Crippen MR) is 139 cm³/mol. The number of fused-ring (bicyclic) bond motifs is 1. The number of carbonyl (C=O) groups is 1. The van der Waals surface area contributed by atoms with Crippen LogP contribution >= 0.6 is 0 Å². The molecule has 5 aromatic rings. The van der Waals surface area contributed by atoms with Crippen LogP contribution in [0.3, 0.4) is 0 Å². The Morgan fingerprint density at radius 1 is 0.765 bits per heavy atom. The summed E-state index contributed by atoms with van der Waals surface area (Å²) in [4.78, 5) is 22.2. The van der Waals surface area contributed by atoms with Gasteiger partial charge in [0.25, 0.3) is 5.91 Å². The van der Waals surface area contributed by atoms with Crippen LogP contribution in [0.2, 0.25) is 0 Å².